The number of carbonyl (C=O) groups excluding carboxylic acids is 1. The van der Waals surface area contributed by atoms with E-state index in [1.54, 1.807) is 0 Å². The van der Waals surface area contributed by atoms with Gasteiger partial charge in [0, 0.05) is 24.1 Å². The number of anilines is 1. The normalized spacial score (nSPS) is 29.0. The van der Waals surface area contributed by atoms with Gasteiger partial charge in [-0.15, -0.1) is 0 Å². The summed E-state index contributed by atoms with van der Waals surface area (Å²) in [5, 5.41) is 1.26. The van der Waals surface area contributed by atoms with Gasteiger partial charge in [-0.05, 0) is 66.5 Å². The SMILES string of the molecule is CCOC(=O)c1cc2c3c(c1)[C@@H]1C=CC[C@H]1CN3[C@H](c1cccc(Cl)c1Cl)[C@H]1CC=C[C@H]21. The van der Waals surface area contributed by atoms with Crippen LogP contribution in [0.1, 0.15) is 64.7 Å². The molecule has 6 rings (SSSR count). The maximum atomic E-state index is 12.7. The molecule has 164 valence electrons. The van der Waals surface area contributed by atoms with Crippen molar-refractivity contribution in [3.8, 4) is 0 Å². The fourth-order valence-electron chi connectivity index (χ4n) is 6.41. The van der Waals surface area contributed by atoms with Gasteiger partial charge in [0.05, 0.1) is 28.3 Å². The van der Waals surface area contributed by atoms with Gasteiger partial charge >= 0.3 is 5.97 Å². The Balaban J connectivity index is 1.58. The summed E-state index contributed by atoms with van der Waals surface area (Å²) >= 11 is 13.2. The molecule has 0 radical (unpaired) electrons. The first-order valence-corrected chi connectivity index (χ1v) is 12.2. The monoisotopic (exact) mass is 465 g/mol. The highest BCUT2D eigenvalue weighted by Crippen LogP contribution is 2.59. The molecule has 0 saturated carbocycles. The summed E-state index contributed by atoms with van der Waals surface area (Å²) in [6.45, 7) is 3.21. The molecular weight excluding hydrogens is 441 g/mol. The van der Waals surface area contributed by atoms with Crippen molar-refractivity contribution in [3.05, 3.63) is 86.9 Å². The molecule has 2 aromatic rings. The molecule has 5 atom stereocenters. The molecule has 0 aromatic heterocycles. The Labute approximate surface area is 198 Å². The van der Waals surface area contributed by atoms with Gasteiger partial charge in [0.25, 0.3) is 0 Å². The number of esters is 1. The van der Waals surface area contributed by atoms with E-state index in [2.05, 4.69) is 47.4 Å². The third kappa shape index (κ3) is 2.90. The second kappa shape index (κ2) is 7.67. The molecule has 2 aliphatic carbocycles. The van der Waals surface area contributed by atoms with Crippen LogP contribution in [0.2, 0.25) is 10.0 Å². The quantitative estimate of drug-likeness (QED) is 0.358. The number of hydrogen-bond donors (Lipinski definition) is 0. The summed E-state index contributed by atoms with van der Waals surface area (Å²) in [7, 11) is 0. The molecule has 4 aliphatic rings. The summed E-state index contributed by atoms with van der Waals surface area (Å²) in [5.74, 6) is 1.21. The highest BCUT2D eigenvalue weighted by atomic mass is 35.5. The van der Waals surface area contributed by atoms with E-state index >= 15 is 0 Å². The number of benzene rings is 2. The summed E-state index contributed by atoms with van der Waals surface area (Å²) in [6.07, 6.45) is 11.3. The van der Waals surface area contributed by atoms with Gasteiger partial charge < -0.3 is 9.64 Å². The Morgan fingerprint density at radius 2 is 1.81 bits per heavy atom. The molecule has 5 heteroatoms. The topological polar surface area (TPSA) is 29.5 Å². The maximum absolute atomic E-state index is 12.7. The van der Waals surface area contributed by atoms with E-state index in [-0.39, 0.29) is 17.9 Å². The van der Waals surface area contributed by atoms with Crippen LogP contribution in [-0.4, -0.2) is 19.1 Å². The number of nitrogens with zero attached hydrogens (tertiary/aromatic N) is 1. The summed E-state index contributed by atoms with van der Waals surface area (Å²) in [6, 6.07) is 10.3. The molecular formula is C27H25Cl2NO2. The Hall–Kier alpha value is -2.23. The lowest BCUT2D eigenvalue weighted by Crippen LogP contribution is -2.46. The Kier molecular flexibility index (Phi) is 4.89. The van der Waals surface area contributed by atoms with Gasteiger partial charge in [0.1, 0.15) is 0 Å². The minimum atomic E-state index is -0.235. The van der Waals surface area contributed by atoms with E-state index in [1.807, 2.05) is 19.1 Å². The zero-order valence-electron chi connectivity index (χ0n) is 17.9. The summed E-state index contributed by atoms with van der Waals surface area (Å²) in [4.78, 5) is 15.3. The van der Waals surface area contributed by atoms with Crippen LogP contribution in [0.5, 0.6) is 0 Å². The molecule has 2 heterocycles. The Morgan fingerprint density at radius 3 is 2.62 bits per heavy atom. The maximum Gasteiger partial charge on any atom is 0.338 e. The Morgan fingerprint density at radius 1 is 1.06 bits per heavy atom. The van der Waals surface area contributed by atoms with Crippen LogP contribution in [-0.2, 0) is 4.74 Å². The largest absolute Gasteiger partial charge is 0.462 e. The van der Waals surface area contributed by atoms with Crippen molar-refractivity contribution in [3.63, 3.8) is 0 Å². The first-order chi connectivity index (χ1) is 15.6. The van der Waals surface area contributed by atoms with Crippen molar-refractivity contribution in [2.75, 3.05) is 18.1 Å². The van der Waals surface area contributed by atoms with Crippen molar-refractivity contribution >= 4 is 34.9 Å². The standard InChI is InChI=1S/C27H25Cl2NO2/c1-2-32-27(31)16-12-21-17-7-3-6-15(17)14-30-25(20-10-5-11-23(28)24(20)29)19-9-4-8-18(19)22(13-16)26(21)30/h3-5,7-8,10-13,15,17-19,25H,2,6,9,14H2,1H3/t15-,17+,18-,19-,25-/m0/s1. The van der Waals surface area contributed by atoms with E-state index in [0.717, 1.165) is 24.9 Å². The molecule has 32 heavy (non-hydrogen) atoms. The molecule has 0 unspecified atom stereocenters. The zero-order chi connectivity index (χ0) is 22.0. The lowest BCUT2D eigenvalue weighted by Gasteiger charge is -2.51. The number of rotatable bonds is 3. The number of hydrogen-bond acceptors (Lipinski definition) is 3. The van der Waals surface area contributed by atoms with Gasteiger partial charge in [0.2, 0.25) is 0 Å². The Bertz CT molecular complexity index is 1150. The number of halogens is 2. The number of ether oxygens (including phenoxy) is 1. The van der Waals surface area contributed by atoms with Crippen LogP contribution in [0.25, 0.3) is 0 Å². The fraction of sp³-hybridized carbons (Fsp3) is 0.370. The van der Waals surface area contributed by atoms with E-state index in [0.29, 0.717) is 40.0 Å². The molecule has 0 amide bonds. The lowest BCUT2D eigenvalue weighted by atomic mass is 9.70. The first-order valence-electron chi connectivity index (χ1n) is 11.5. The van der Waals surface area contributed by atoms with Crippen molar-refractivity contribution in [1.29, 1.82) is 0 Å². The molecule has 2 aromatic carbocycles. The van der Waals surface area contributed by atoms with Gasteiger partial charge in [0.15, 0.2) is 0 Å². The number of carbonyl (C=O) groups is 1. The second-order valence-corrected chi connectivity index (χ2v) is 10.1. The molecule has 0 spiro atoms. The van der Waals surface area contributed by atoms with Crippen molar-refractivity contribution in [1.82, 2.24) is 0 Å². The predicted octanol–water partition coefficient (Wildman–Crippen LogP) is 7.06. The minimum Gasteiger partial charge on any atom is -0.462 e. The van der Waals surface area contributed by atoms with Crippen LogP contribution >= 0.6 is 23.2 Å². The van der Waals surface area contributed by atoms with Crippen LogP contribution in [0.15, 0.2) is 54.6 Å². The summed E-state index contributed by atoms with van der Waals surface area (Å²) in [5.41, 5.74) is 5.54. The average molecular weight is 466 g/mol. The predicted molar refractivity (Wildman–Crippen MR) is 129 cm³/mol. The molecule has 0 bridgehead atoms. The minimum absolute atomic E-state index is 0.155. The number of fused-ring (bicyclic) bond motifs is 4. The highest BCUT2D eigenvalue weighted by Gasteiger charge is 2.48. The van der Waals surface area contributed by atoms with Crippen LogP contribution in [0, 0.1) is 11.8 Å². The van der Waals surface area contributed by atoms with Crippen LogP contribution in [0.3, 0.4) is 0 Å². The summed E-state index contributed by atoms with van der Waals surface area (Å²) < 4.78 is 5.38. The van der Waals surface area contributed by atoms with Crippen LogP contribution in [0.4, 0.5) is 5.69 Å². The molecule has 0 saturated heterocycles. The lowest BCUT2D eigenvalue weighted by molar-refractivity contribution is 0.0526. The number of allylic oxidation sites excluding steroid dienone is 4. The third-order valence-corrected chi connectivity index (χ3v) is 8.49. The van der Waals surface area contributed by atoms with Crippen LogP contribution < -0.4 is 4.90 Å². The third-order valence-electron chi connectivity index (χ3n) is 7.66. The highest BCUT2D eigenvalue weighted by molar-refractivity contribution is 6.42. The van der Waals surface area contributed by atoms with E-state index in [4.69, 9.17) is 27.9 Å². The molecule has 3 nitrogen and oxygen atoms in total. The zero-order valence-corrected chi connectivity index (χ0v) is 19.4. The van der Waals surface area contributed by atoms with Crippen molar-refractivity contribution in [2.45, 2.75) is 37.6 Å². The van der Waals surface area contributed by atoms with Crippen molar-refractivity contribution in [2.24, 2.45) is 11.8 Å². The van der Waals surface area contributed by atoms with Gasteiger partial charge in [-0.3, -0.25) is 0 Å². The average Bonchev–Trinajstić information content (AvgIpc) is 3.46. The first kappa shape index (κ1) is 20.4. The van der Waals surface area contributed by atoms with E-state index in [1.165, 1.54) is 16.8 Å². The fourth-order valence-corrected chi connectivity index (χ4v) is 6.83. The smallest absolute Gasteiger partial charge is 0.338 e. The van der Waals surface area contributed by atoms with Crippen molar-refractivity contribution < 1.29 is 9.53 Å². The van der Waals surface area contributed by atoms with E-state index < -0.39 is 0 Å². The van der Waals surface area contributed by atoms with Gasteiger partial charge in [-0.1, -0.05) is 59.6 Å². The second-order valence-electron chi connectivity index (χ2n) is 9.27. The van der Waals surface area contributed by atoms with Gasteiger partial charge in [-0.2, -0.15) is 0 Å². The molecule has 0 N–H and O–H groups in total. The van der Waals surface area contributed by atoms with E-state index in [9.17, 15) is 4.79 Å². The van der Waals surface area contributed by atoms with Gasteiger partial charge in [-0.25, -0.2) is 4.79 Å². The molecule has 2 aliphatic heterocycles. The molecule has 0 fully saturated rings.